The molecule has 2 heterocycles. The van der Waals surface area contributed by atoms with Crippen molar-refractivity contribution >= 4 is 35.0 Å². The van der Waals surface area contributed by atoms with Crippen molar-refractivity contribution in [1.82, 2.24) is 5.32 Å². The van der Waals surface area contributed by atoms with Gasteiger partial charge in [-0.15, -0.1) is 0 Å². The summed E-state index contributed by atoms with van der Waals surface area (Å²) in [6, 6.07) is 20.3. The van der Waals surface area contributed by atoms with Crippen LogP contribution in [0.3, 0.4) is 0 Å². The van der Waals surface area contributed by atoms with Crippen molar-refractivity contribution in [3.8, 4) is 11.8 Å². The number of furan rings is 1. The maximum absolute atomic E-state index is 13.5. The number of dihydropyridines is 1. The number of thioether (sulfide) groups is 1. The highest BCUT2D eigenvalue weighted by Crippen LogP contribution is 2.41. The Balaban J connectivity index is 1.59. The first-order valence-corrected chi connectivity index (χ1v) is 12.5. The normalized spacial score (nSPS) is 15.0. The van der Waals surface area contributed by atoms with Gasteiger partial charge in [-0.3, -0.25) is 9.59 Å². The summed E-state index contributed by atoms with van der Waals surface area (Å²) >= 11 is 1.20. The predicted molar refractivity (Wildman–Crippen MR) is 144 cm³/mol. The lowest BCUT2D eigenvalue weighted by Crippen LogP contribution is -2.31. The summed E-state index contributed by atoms with van der Waals surface area (Å²) in [6.45, 7) is 3.73. The van der Waals surface area contributed by atoms with Crippen LogP contribution in [0.4, 0.5) is 11.4 Å². The number of nitrogens with zero attached hydrogens (tertiary/aromatic N) is 1. The second-order valence-corrected chi connectivity index (χ2v) is 9.31. The summed E-state index contributed by atoms with van der Waals surface area (Å²) in [6.07, 6.45) is 1.50. The van der Waals surface area contributed by atoms with Gasteiger partial charge in [0, 0.05) is 11.4 Å². The number of nitrogens with one attached hydrogen (secondary N) is 3. The average Bonchev–Trinajstić information content (AvgIpc) is 3.43. The van der Waals surface area contributed by atoms with Crippen LogP contribution in [0.5, 0.6) is 5.75 Å². The maximum atomic E-state index is 13.5. The third kappa shape index (κ3) is 5.88. The zero-order valence-corrected chi connectivity index (χ0v) is 21.4. The van der Waals surface area contributed by atoms with Crippen LogP contribution < -0.4 is 20.7 Å². The maximum Gasteiger partial charge on any atom is 0.254 e. The molecule has 0 saturated carbocycles. The van der Waals surface area contributed by atoms with Crippen LogP contribution in [0.15, 0.2) is 93.2 Å². The molecule has 4 rings (SSSR count). The molecule has 8 nitrogen and oxygen atoms in total. The van der Waals surface area contributed by atoms with Gasteiger partial charge >= 0.3 is 0 Å². The van der Waals surface area contributed by atoms with Crippen molar-refractivity contribution in [3.63, 3.8) is 0 Å². The molecule has 37 heavy (non-hydrogen) atoms. The molecule has 2 aromatic carbocycles. The van der Waals surface area contributed by atoms with Gasteiger partial charge < -0.3 is 25.1 Å². The van der Waals surface area contributed by atoms with Crippen molar-refractivity contribution in [1.29, 1.82) is 5.26 Å². The Morgan fingerprint density at radius 3 is 2.51 bits per heavy atom. The summed E-state index contributed by atoms with van der Waals surface area (Å²) in [7, 11) is 1.53. The predicted octanol–water partition coefficient (Wildman–Crippen LogP) is 5.30. The molecule has 0 aliphatic carbocycles. The van der Waals surface area contributed by atoms with E-state index >= 15 is 0 Å². The van der Waals surface area contributed by atoms with E-state index in [9.17, 15) is 14.9 Å². The van der Waals surface area contributed by atoms with Crippen molar-refractivity contribution < 1.29 is 18.7 Å². The van der Waals surface area contributed by atoms with Gasteiger partial charge in [0.05, 0.1) is 53.0 Å². The molecule has 3 N–H and O–H groups in total. The number of aryl methyl sites for hydroxylation is 1. The number of hydrogen-bond donors (Lipinski definition) is 3. The first-order valence-electron chi connectivity index (χ1n) is 11.5. The number of amides is 2. The van der Waals surface area contributed by atoms with Crippen LogP contribution >= 0.6 is 11.8 Å². The van der Waals surface area contributed by atoms with Crippen molar-refractivity contribution in [2.75, 3.05) is 23.5 Å². The molecule has 0 spiro atoms. The van der Waals surface area contributed by atoms with E-state index in [1.54, 1.807) is 37.3 Å². The average molecular weight is 515 g/mol. The number of carbonyl (C=O) groups excluding carboxylic acids is 2. The fourth-order valence-electron chi connectivity index (χ4n) is 3.98. The lowest BCUT2D eigenvalue weighted by atomic mass is 9.85. The van der Waals surface area contributed by atoms with E-state index in [-0.39, 0.29) is 11.7 Å². The lowest BCUT2D eigenvalue weighted by Gasteiger charge is -2.28. The lowest BCUT2D eigenvalue weighted by molar-refractivity contribution is -0.114. The smallest absolute Gasteiger partial charge is 0.254 e. The molecule has 9 heteroatoms. The number of benzene rings is 2. The van der Waals surface area contributed by atoms with Gasteiger partial charge in [-0.1, -0.05) is 41.6 Å². The summed E-state index contributed by atoms with van der Waals surface area (Å²) in [5.74, 6) is -0.327. The molecule has 0 fully saturated rings. The molecule has 1 aliphatic rings. The highest BCUT2D eigenvalue weighted by Gasteiger charge is 2.36. The minimum absolute atomic E-state index is 0.0717. The molecule has 0 saturated heterocycles. The molecular weight excluding hydrogens is 488 g/mol. The molecule has 1 unspecified atom stereocenters. The Labute approximate surface area is 219 Å². The largest absolute Gasteiger partial charge is 0.495 e. The molecule has 2 amide bonds. The second-order valence-electron chi connectivity index (χ2n) is 8.32. The fourth-order valence-corrected chi connectivity index (χ4v) is 4.87. The number of hydrogen-bond acceptors (Lipinski definition) is 7. The Hall–Kier alpha value is -4.42. The number of ether oxygens (including phenoxy) is 1. The van der Waals surface area contributed by atoms with Gasteiger partial charge in [-0.2, -0.15) is 5.26 Å². The molecule has 1 aliphatic heterocycles. The minimum atomic E-state index is -0.751. The molecule has 0 bridgehead atoms. The minimum Gasteiger partial charge on any atom is -0.495 e. The van der Waals surface area contributed by atoms with Crippen LogP contribution in [0.1, 0.15) is 24.2 Å². The number of nitriles is 1. The third-order valence-corrected chi connectivity index (χ3v) is 6.78. The molecular formula is C28H26N4O4S. The van der Waals surface area contributed by atoms with Crippen molar-refractivity contribution in [2.24, 2.45) is 0 Å². The highest BCUT2D eigenvalue weighted by atomic mass is 32.2. The van der Waals surface area contributed by atoms with Gasteiger partial charge in [0.15, 0.2) is 0 Å². The molecule has 3 aromatic rings. The van der Waals surface area contributed by atoms with Gasteiger partial charge in [0.2, 0.25) is 5.91 Å². The van der Waals surface area contributed by atoms with E-state index in [1.807, 2.05) is 37.3 Å². The topological polar surface area (TPSA) is 116 Å². The third-order valence-electron chi connectivity index (χ3n) is 5.76. The first-order chi connectivity index (χ1) is 17.9. The summed E-state index contributed by atoms with van der Waals surface area (Å²) in [4.78, 5) is 26.1. The van der Waals surface area contributed by atoms with Crippen LogP contribution in [0.25, 0.3) is 0 Å². The zero-order valence-electron chi connectivity index (χ0n) is 20.6. The van der Waals surface area contributed by atoms with Crippen LogP contribution in [0.2, 0.25) is 0 Å². The van der Waals surface area contributed by atoms with E-state index in [0.29, 0.717) is 44.8 Å². The number of allylic oxidation sites excluding steroid dienone is 2. The van der Waals surface area contributed by atoms with Crippen LogP contribution in [0, 0.1) is 18.3 Å². The number of anilines is 2. The molecule has 0 radical (unpaired) electrons. The van der Waals surface area contributed by atoms with E-state index in [1.165, 1.54) is 25.1 Å². The van der Waals surface area contributed by atoms with Crippen LogP contribution in [-0.4, -0.2) is 24.7 Å². The number of carbonyl (C=O) groups is 2. The number of para-hydroxylation sites is 2. The fraction of sp³-hybridized carbons (Fsp3) is 0.179. The molecule has 1 aromatic heterocycles. The van der Waals surface area contributed by atoms with Gasteiger partial charge in [-0.05, 0) is 50.2 Å². The van der Waals surface area contributed by atoms with E-state index in [2.05, 4.69) is 22.0 Å². The van der Waals surface area contributed by atoms with Gasteiger partial charge in [0.25, 0.3) is 5.91 Å². The standard InChI is InChI=1S/C28H26N4O4S/c1-17-10-12-19(13-11-17)31-24(33)16-37-28-20(15-29)26(23-9-6-14-36-23)25(18(2)30-28)27(34)32-21-7-4-5-8-22(21)35-3/h4-14,26,30H,16H2,1-3H3,(H,31,33)(H,32,34). The summed E-state index contributed by atoms with van der Waals surface area (Å²) in [5.41, 5.74) is 3.48. The highest BCUT2D eigenvalue weighted by molar-refractivity contribution is 8.03. The Kier molecular flexibility index (Phi) is 8.01. The summed E-state index contributed by atoms with van der Waals surface area (Å²) in [5, 5.41) is 19.5. The van der Waals surface area contributed by atoms with Crippen LogP contribution in [-0.2, 0) is 9.59 Å². The van der Waals surface area contributed by atoms with E-state index in [0.717, 1.165) is 5.56 Å². The van der Waals surface area contributed by atoms with Gasteiger partial charge in [0.1, 0.15) is 11.5 Å². The van der Waals surface area contributed by atoms with Crippen molar-refractivity contribution in [2.45, 2.75) is 19.8 Å². The molecule has 188 valence electrons. The molecule has 1 atom stereocenters. The summed E-state index contributed by atoms with van der Waals surface area (Å²) < 4.78 is 11.0. The quantitative estimate of drug-likeness (QED) is 0.373. The second kappa shape index (κ2) is 11.5. The SMILES string of the molecule is COc1ccccc1NC(=O)C1=C(C)NC(SCC(=O)Nc2ccc(C)cc2)=C(C#N)C1c1ccco1. The van der Waals surface area contributed by atoms with Gasteiger partial charge in [-0.25, -0.2) is 0 Å². The monoisotopic (exact) mass is 514 g/mol. The Bertz CT molecular complexity index is 1400. The first kappa shape index (κ1) is 25.7. The van der Waals surface area contributed by atoms with E-state index in [4.69, 9.17) is 9.15 Å². The zero-order chi connectivity index (χ0) is 26.4. The Morgan fingerprint density at radius 1 is 1.08 bits per heavy atom. The van der Waals surface area contributed by atoms with E-state index < -0.39 is 11.8 Å². The van der Waals surface area contributed by atoms with Crippen molar-refractivity contribution in [3.05, 3.63) is 100 Å². The number of rotatable bonds is 8. The number of methoxy groups -OCH3 is 1. The Morgan fingerprint density at radius 2 is 1.84 bits per heavy atom.